The Kier molecular flexibility index (Phi) is 6.23. The predicted octanol–water partition coefficient (Wildman–Crippen LogP) is 3.99. The summed E-state index contributed by atoms with van der Waals surface area (Å²) in [5, 5.41) is 9.66. The van der Waals surface area contributed by atoms with Crippen molar-refractivity contribution in [1.82, 2.24) is 14.9 Å². The molecule has 158 valence electrons. The molecule has 1 aromatic carbocycles. The summed E-state index contributed by atoms with van der Waals surface area (Å²) in [7, 11) is 0. The normalized spacial score (nSPS) is 14.2. The predicted molar refractivity (Wildman–Crippen MR) is 120 cm³/mol. The van der Waals surface area contributed by atoms with E-state index in [4.69, 9.17) is 9.68 Å². The van der Waals surface area contributed by atoms with Gasteiger partial charge in [0.05, 0.1) is 29.2 Å². The van der Waals surface area contributed by atoms with Crippen LogP contribution in [0.5, 0.6) is 0 Å². The second-order valence-electron chi connectivity index (χ2n) is 7.29. The lowest BCUT2D eigenvalue weighted by atomic mass is 10.2. The molecule has 4 rings (SSSR count). The van der Waals surface area contributed by atoms with Gasteiger partial charge in [0.15, 0.2) is 11.6 Å². The van der Waals surface area contributed by atoms with Gasteiger partial charge in [0.1, 0.15) is 5.03 Å². The minimum Gasteiger partial charge on any atom is -0.461 e. The molecule has 1 fully saturated rings. The van der Waals surface area contributed by atoms with Crippen LogP contribution in [0.1, 0.15) is 28.0 Å². The largest absolute Gasteiger partial charge is 0.461 e. The van der Waals surface area contributed by atoms with Gasteiger partial charge in [-0.05, 0) is 56.0 Å². The van der Waals surface area contributed by atoms with Gasteiger partial charge in [-0.15, -0.1) is 11.8 Å². The van der Waals surface area contributed by atoms with E-state index in [1.807, 2.05) is 48.4 Å². The second-order valence-corrected chi connectivity index (χ2v) is 8.08. The molecule has 0 aliphatic carbocycles. The molecular formula is C23H23N5O2S. The standard InChI is InChI=1S/C23H23N5O2S/c1-16-20(22(31-2)26-21(25-16)19-5-3-14-30-19)23(29)28-11-4-10-27(12-13-28)18-8-6-17(15-24)7-9-18/h3,5-9,14H,4,10-13H2,1-2H3. The molecule has 0 atom stereocenters. The number of rotatable bonds is 4. The van der Waals surface area contributed by atoms with E-state index in [9.17, 15) is 4.79 Å². The van der Waals surface area contributed by atoms with Gasteiger partial charge in [-0.2, -0.15) is 5.26 Å². The summed E-state index contributed by atoms with van der Waals surface area (Å²) in [5.41, 5.74) is 2.94. The molecule has 1 saturated heterocycles. The van der Waals surface area contributed by atoms with Crippen LogP contribution in [0.2, 0.25) is 0 Å². The Morgan fingerprint density at radius 1 is 1.13 bits per heavy atom. The maximum Gasteiger partial charge on any atom is 0.258 e. The third kappa shape index (κ3) is 4.42. The molecule has 0 bridgehead atoms. The summed E-state index contributed by atoms with van der Waals surface area (Å²) < 4.78 is 5.42. The minimum atomic E-state index is -0.0328. The summed E-state index contributed by atoms with van der Waals surface area (Å²) in [6.07, 6.45) is 4.37. The molecule has 31 heavy (non-hydrogen) atoms. The number of aryl methyl sites for hydroxylation is 1. The maximum absolute atomic E-state index is 13.4. The van der Waals surface area contributed by atoms with Crippen molar-refractivity contribution >= 4 is 23.4 Å². The van der Waals surface area contributed by atoms with E-state index in [0.717, 1.165) is 25.2 Å². The summed E-state index contributed by atoms with van der Waals surface area (Å²) in [6.45, 7) is 4.74. The number of anilines is 1. The second kappa shape index (κ2) is 9.23. The van der Waals surface area contributed by atoms with Crippen molar-refractivity contribution in [2.45, 2.75) is 18.4 Å². The molecule has 3 aromatic rings. The van der Waals surface area contributed by atoms with Crippen LogP contribution < -0.4 is 4.90 Å². The highest BCUT2D eigenvalue weighted by Crippen LogP contribution is 2.27. The first-order chi connectivity index (χ1) is 15.1. The zero-order valence-electron chi connectivity index (χ0n) is 17.5. The highest BCUT2D eigenvalue weighted by atomic mass is 32.2. The molecule has 1 amide bonds. The smallest absolute Gasteiger partial charge is 0.258 e. The molecule has 8 heteroatoms. The molecule has 3 heterocycles. The van der Waals surface area contributed by atoms with E-state index < -0.39 is 0 Å². The monoisotopic (exact) mass is 433 g/mol. The molecular weight excluding hydrogens is 410 g/mol. The van der Waals surface area contributed by atoms with Crippen molar-refractivity contribution in [3.05, 3.63) is 59.5 Å². The van der Waals surface area contributed by atoms with Crippen LogP contribution in [0.25, 0.3) is 11.6 Å². The molecule has 1 aliphatic heterocycles. The number of thioether (sulfide) groups is 1. The summed E-state index contributed by atoms with van der Waals surface area (Å²) >= 11 is 1.44. The lowest BCUT2D eigenvalue weighted by molar-refractivity contribution is 0.0761. The first kappa shape index (κ1) is 20.9. The van der Waals surface area contributed by atoms with Crippen LogP contribution in [0.3, 0.4) is 0 Å². The number of hydrogen-bond donors (Lipinski definition) is 0. The van der Waals surface area contributed by atoms with Crippen molar-refractivity contribution < 1.29 is 9.21 Å². The average molecular weight is 434 g/mol. The van der Waals surface area contributed by atoms with Crippen molar-refractivity contribution in [3.63, 3.8) is 0 Å². The first-order valence-electron chi connectivity index (χ1n) is 10.1. The van der Waals surface area contributed by atoms with Crippen molar-refractivity contribution in [2.24, 2.45) is 0 Å². The van der Waals surface area contributed by atoms with Crippen molar-refractivity contribution in [3.8, 4) is 17.7 Å². The Labute approximate surface area is 185 Å². The maximum atomic E-state index is 13.4. The lowest BCUT2D eigenvalue weighted by Gasteiger charge is -2.24. The lowest BCUT2D eigenvalue weighted by Crippen LogP contribution is -2.36. The van der Waals surface area contributed by atoms with Gasteiger partial charge in [-0.25, -0.2) is 9.97 Å². The van der Waals surface area contributed by atoms with Gasteiger partial charge < -0.3 is 14.2 Å². The van der Waals surface area contributed by atoms with Crippen LogP contribution >= 0.6 is 11.8 Å². The average Bonchev–Trinajstić information content (AvgIpc) is 3.23. The summed E-state index contributed by atoms with van der Waals surface area (Å²) in [5.74, 6) is 1.05. The van der Waals surface area contributed by atoms with E-state index in [1.54, 1.807) is 12.3 Å². The van der Waals surface area contributed by atoms with Gasteiger partial charge in [-0.1, -0.05) is 0 Å². The molecule has 7 nitrogen and oxygen atoms in total. The number of hydrogen-bond acceptors (Lipinski definition) is 7. The van der Waals surface area contributed by atoms with Crippen molar-refractivity contribution in [2.75, 3.05) is 37.3 Å². The minimum absolute atomic E-state index is 0.0328. The number of amides is 1. The van der Waals surface area contributed by atoms with Crippen molar-refractivity contribution in [1.29, 1.82) is 5.26 Å². The van der Waals surface area contributed by atoms with Gasteiger partial charge in [0, 0.05) is 31.9 Å². The van der Waals surface area contributed by atoms with E-state index in [2.05, 4.69) is 20.9 Å². The quantitative estimate of drug-likeness (QED) is 0.454. The van der Waals surface area contributed by atoms with Gasteiger partial charge >= 0.3 is 0 Å². The van der Waals surface area contributed by atoms with E-state index in [1.165, 1.54) is 11.8 Å². The molecule has 0 unspecified atom stereocenters. The number of benzene rings is 1. The summed E-state index contributed by atoms with van der Waals surface area (Å²) in [6, 6.07) is 13.3. The Morgan fingerprint density at radius 2 is 1.94 bits per heavy atom. The van der Waals surface area contributed by atoms with Crippen LogP contribution in [0.15, 0.2) is 52.1 Å². The molecule has 0 N–H and O–H groups in total. The molecule has 0 spiro atoms. The molecule has 2 aromatic heterocycles. The fraction of sp³-hybridized carbons (Fsp3) is 0.304. The van der Waals surface area contributed by atoms with Gasteiger partial charge in [0.2, 0.25) is 0 Å². The van der Waals surface area contributed by atoms with Crippen LogP contribution in [-0.4, -0.2) is 53.2 Å². The van der Waals surface area contributed by atoms with Crippen LogP contribution in [-0.2, 0) is 0 Å². The highest BCUT2D eigenvalue weighted by molar-refractivity contribution is 7.98. The Hall–Kier alpha value is -3.31. The molecule has 1 aliphatic rings. The molecule has 0 radical (unpaired) electrons. The fourth-order valence-electron chi connectivity index (χ4n) is 3.74. The van der Waals surface area contributed by atoms with Crippen LogP contribution in [0, 0.1) is 18.3 Å². The van der Waals surface area contributed by atoms with E-state index in [0.29, 0.717) is 46.5 Å². The Balaban J connectivity index is 1.53. The highest BCUT2D eigenvalue weighted by Gasteiger charge is 2.26. The summed E-state index contributed by atoms with van der Waals surface area (Å²) in [4.78, 5) is 26.7. The fourth-order valence-corrected chi connectivity index (χ4v) is 4.36. The van der Waals surface area contributed by atoms with E-state index in [-0.39, 0.29) is 5.91 Å². The first-order valence-corrected chi connectivity index (χ1v) is 11.3. The Morgan fingerprint density at radius 3 is 2.61 bits per heavy atom. The van der Waals surface area contributed by atoms with Crippen LogP contribution in [0.4, 0.5) is 5.69 Å². The number of furan rings is 1. The third-order valence-corrected chi connectivity index (χ3v) is 6.03. The third-order valence-electron chi connectivity index (χ3n) is 5.35. The topological polar surface area (TPSA) is 86.3 Å². The SMILES string of the molecule is CSc1nc(-c2ccco2)nc(C)c1C(=O)N1CCCN(c2ccc(C#N)cc2)CC1. The number of nitrogens with zero attached hydrogens (tertiary/aromatic N) is 5. The number of carbonyl (C=O) groups is 1. The Bertz CT molecular complexity index is 1110. The zero-order chi connectivity index (χ0) is 21.8. The molecule has 0 saturated carbocycles. The number of aromatic nitrogens is 2. The number of carbonyl (C=O) groups excluding carboxylic acids is 1. The number of nitriles is 1. The van der Waals surface area contributed by atoms with Gasteiger partial charge in [0.25, 0.3) is 5.91 Å². The zero-order valence-corrected chi connectivity index (χ0v) is 18.4. The van der Waals surface area contributed by atoms with Gasteiger partial charge in [-0.3, -0.25) is 4.79 Å². The van der Waals surface area contributed by atoms with E-state index >= 15 is 0 Å².